The molecule has 0 bridgehead atoms. The van der Waals surface area contributed by atoms with Crippen LogP contribution in [0.15, 0.2) is 23.1 Å². The number of thioether (sulfide) groups is 1. The van der Waals surface area contributed by atoms with E-state index in [-0.39, 0.29) is 16.7 Å². The molecule has 0 aliphatic rings. The zero-order chi connectivity index (χ0) is 14.4. The van der Waals surface area contributed by atoms with E-state index < -0.39 is 5.97 Å². The van der Waals surface area contributed by atoms with E-state index in [2.05, 4.69) is 5.32 Å². The number of hydrogen-bond donors (Lipinski definition) is 2. The molecular weight excluding hydrogens is 262 g/mol. The van der Waals surface area contributed by atoms with Crippen LogP contribution < -0.4 is 5.32 Å². The molecule has 0 spiro atoms. The maximum Gasteiger partial charge on any atom is 0.335 e. The average molecular weight is 281 g/mol. The summed E-state index contributed by atoms with van der Waals surface area (Å²) in [6.45, 7) is 6.24. The average Bonchev–Trinajstić information content (AvgIpc) is 2.37. The predicted molar refractivity (Wildman–Crippen MR) is 76.8 cm³/mol. The highest BCUT2D eigenvalue weighted by molar-refractivity contribution is 8.00. The number of carboxylic acid groups (broad SMARTS) is 1. The number of amides is 1. The summed E-state index contributed by atoms with van der Waals surface area (Å²) in [5.74, 6) is -0.965. The molecule has 19 heavy (non-hydrogen) atoms. The van der Waals surface area contributed by atoms with Crippen LogP contribution in [-0.2, 0) is 4.79 Å². The highest BCUT2D eigenvalue weighted by atomic mass is 32.2. The van der Waals surface area contributed by atoms with E-state index in [4.69, 9.17) is 5.11 Å². The number of aromatic carboxylic acids is 1. The van der Waals surface area contributed by atoms with E-state index in [9.17, 15) is 9.59 Å². The zero-order valence-electron chi connectivity index (χ0n) is 11.4. The van der Waals surface area contributed by atoms with Crippen molar-refractivity contribution in [2.24, 2.45) is 0 Å². The largest absolute Gasteiger partial charge is 0.478 e. The van der Waals surface area contributed by atoms with Crippen LogP contribution in [0.2, 0.25) is 0 Å². The minimum Gasteiger partial charge on any atom is -0.478 e. The number of carboxylic acids is 1. The summed E-state index contributed by atoms with van der Waals surface area (Å²) in [6.07, 6.45) is 0.900. The van der Waals surface area contributed by atoms with Gasteiger partial charge in [0.25, 0.3) is 0 Å². The quantitative estimate of drug-likeness (QED) is 0.787. The van der Waals surface area contributed by atoms with E-state index in [1.165, 1.54) is 11.8 Å². The molecule has 5 heteroatoms. The van der Waals surface area contributed by atoms with Gasteiger partial charge in [-0.1, -0.05) is 13.0 Å². The lowest BCUT2D eigenvalue weighted by Gasteiger charge is -2.12. The van der Waals surface area contributed by atoms with Crippen molar-refractivity contribution in [3.63, 3.8) is 0 Å². The lowest BCUT2D eigenvalue weighted by atomic mass is 10.1. The molecular formula is C14H19NO3S. The smallest absolute Gasteiger partial charge is 0.335 e. The normalized spacial score (nSPS) is 11.9. The van der Waals surface area contributed by atoms with Crippen LogP contribution in [0.25, 0.3) is 0 Å². The molecule has 0 aliphatic carbocycles. The Hall–Kier alpha value is -1.49. The molecule has 1 atom stereocenters. The molecule has 1 rings (SSSR count). The van der Waals surface area contributed by atoms with Crippen molar-refractivity contribution in [3.05, 3.63) is 29.3 Å². The molecule has 1 amide bonds. The maximum absolute atomic E-state index is 11.7. The third-order valence-corrected chi connectivity index (χ3v) is 3.76. The minimum atomic E-state index is -0.942. The van der Waals surface area contributed by atoms with E-state index >= 15 is 0 Å². The molecule has 1 aromatic rings. The maximum atomic E-state index is 11.7. The molecule has 2 N–H and O–H groups in total. The Morgan fingerprint density at radius 1 is 1.42 bits per heavy atom. The molecule has 0 fully saturated rings. The summed E-state index contributed by atoms with van der Waals surface area (Å²) in [7, 11) is 0. The number of carbonyl (C=O) groups is 2. The first-order chi connectivity index (χ1) is 8.95. The van der Waals surface area contributed by atoms with Gasteiger partial charge < -0.3 is 10.4 Å². The van der Waals surface area contributed by atoms with Gasteiger partial charge in [-0.15, -0.1) is 11.8 Å². The SMILES string of the molecule is CCCNC(=O)C(C)Sc1ccc(C)c(C(=O)O)c1. The third kappa shape index (κ3) is 4.59. The monoisotopic (exact) mass is 281 g/mol. The lowest BCUT2D eigenvalue weighted by Crippen LogP contribution is -2.31. The van der Waals surface area contributed by atoms with Gasteiger partial charge in [-0.2, -0.15) is 0 Å². The Labute approximate surface area is 117 Å². The summed E-state index contributed by atoms with van der Waals surface area (Å²) in [5, 5.41) is 11.6. The van der Waals surface area contributed by atoms with Crippen molar-refractivity contribution < 1.29 is 14.7 Å². The molecule has 104 valence electrons. The Balaban J connectivity index is 2.74. The predicted octanol–water partition coefficient (Wildman–Crippen LogP) is 2.70. The molecule has 0 heterocycles. The third-order valence-electron chi connectivity index (χ3n) is 2.67. The van der Waals surface area contributed by atoms with Gasteiger partial charge in [0.1, 0.15) is 0 Å². The van der Waals surface area contributed by atoms with Gasteiger partial charge in [0.2, 0.25) is 5.91 Å². The van der Waals surface area contributed by atoms with Crippen LogP contribution in [0.1, 0.15) is 36.2 Å². The standard InChI is InChI=1S/C14H19NO3S/c1-4-7-15-13(16)10(3)19-11-6-5-9(2)12(8-11)14(17)18/h5-6,8,10H,4,7H2,1-3H3,(H,15,16)(H,17,18). The van der Waals surface area contributed by atoms with Gasteiger partial charge in [0, 0.05) is 11.4 Å². The van der Waals surface area contributed by atoms with Gasteiger partial charge in [0.05, 0.1) is 10.8 Å². The molecule has 0 aromatic heterocycles. The molecule has 0 aliphatic heterocycles. The van der Waals surface area contributed by atoms with Crippen LogP contribution in [0, 0.1) is 6.92 Å². The van der Waals surface area contributed by atoms with E-state index in [0.717, 1.165) is 16.9 Å². The minimum absolute atomic E-state index is 0.0238. The summed E-state index contributed by atoms with van der Waals surface area (Å²) < 4.78 is 0. The van der Waals surface area contributed by atoms with E-state index in [1.807, 2.05) is 19.9 Å². The van der Waals surface area contributed by atoms with E-state index in [1.54, 1.807) is 19.1 Å². The Morgan fingerprint density at radius 3 is 2.68 bits per heavy atom. The first-order valence-electron chi connectivity index (χ1n) is 6.24. The number of benzene rings is 1. The van der Waals surface area contributed by atoms with Crippen LogP contribution in [-0.4, -0.2) is 28.8 Å². The fourth-order valence-corrected chi connectivity index (χ4v) is 2.49. The molecule has 0 saturated heterocycles. The van der Waals surface area contributed by atoms with Gasteiger partial charge in [0.15, 0.2) is 0 Å². The summed E-state index contributed by atoms with van der Waals surface area (Å²) in [6, 6.07) is 5.23. The van der Waals surface area contributed by atoms with Gasteiger partial charge in [-0.05, 0) is 38.0 Å². The van der Waals surface area contributed by atoms with Gasteiger partial charge >= 0.3 is 5.97 Å². The second-order valence-electron chi connectivity index (χ2n) is 4.33. The first kappa shape index (κ1) is 15.6. The zero-order valence-corrected chi connectivity index (χ0v) is 12.2. The molecule has 0 radical (unpaired) electrons. The number of nitrogens with one attached hydrogen (secondary N) is 1. The summed E-state index contributed by atoms with van der Waals surface area (Å²) >= 11 is 1.37. The highest BCUT2D eigenvalue weighted by Crippen LogP contribution is 2.25. The van der Waals surface area contributed by atoms with Crippen molar-refractivity contribution >= 4 is 23.6 Å². The van der Waals surface area contributed by atoms with Crippen molar-refractivity contribution in [2.45, 2.75) is 37.3 Å². The van der Waals surface area contributed by atoms with Crippen molar-refractivity contribution in [3.8, 4) is 0 Å². The molecule has 0 saturated carbocycles. The van der Waals surface area contributed by atoms with Crippen LogP contribution in [0.5, 0.6) is 0 Å². The van der Waals surface area contributed by atoms with Crippen LogP contribution in [0.4, 0.5) is 0 Å². The van der Waals surface area contributed by atoms with E-state index in [0.29, 0.717) is 6.54 Å². The molecule has 1 unspecified atom stereocenters. The highest BCUT2D eigenvalue weighted by Gasteiger charge is 2.15. The molecule has 4 nitrogen and oxygen atoms in total. The van der Waals surface area contributed by atoms with Crippen LogP contribution >= 0.6 is 11.8 Å². The fraction of sp³-hybridized carbons (Fsp3) is 0.429. The summed E-state index contributed by atoms with van der Waals surface area (Å²) in [5.41, 5.74) is 1.01. The number of carbonyl (C=O) groups excluding carboxylic acids is 1. The first-order valence-corrected chi connectivity index (χ1v) is 7.12. The number of hydrogen-bond acceptors (Lipinski definition) is 3. The number of rotatable bonds is 6. The van der Waals surface area contributed by atoms with Gasteiger partial charge in [-0.3, -0.25) is 4.79 Å². The summed E-state index contributed by atoms with van der Waals surface area (Å²) in [4.78, 5) is 23.6. The fourth-order valence-electron chi connectivity index (χ4n) is 1.55. The second kappa shape index (κ2) is 7.19. The number of aryl methyl sites for hydroxylation is 1. The van der Waals surface area contributed by atoms with Crippen molar-refractivity contribution in [2.75, 3.05) is 6.54 Å². The van der Waals surface area contributed by atoms with Crippen molar-refractivity contribution in [1.29, 1.82) is 0 Å². The van der Waals surface area contributed by atoms with Crippen molar-refractivity contribution in [1.82, 2.24) is 5.32 Å². The molecule has 1 aromatic carbocycles. The van der Waals surface area contributed by atoms with Crippen LogP contribution in [0.3, 0.4) is 0 Å². The topological polar surface area (TPSA) is 66.4 Å². The Kier molecular flexibility index (Phi) is 5.89. The Bertz CT molecular complexity index is 474. The van der Waals surface area contributed by atoms with Gasteiger partial charge in [-0.25, -0.2) is 4.79 Å². The Morgan fingerprint density at radius 2 is 2.11 bits per heavy atom. The second-order valence-corrected chi connectivity index (χ2v) is 5.75. The lowest BCUT2D eigenvalue weighted by molar-refractivity contribution is -0.120.